The van der Waals surface area contributed by atoms with Crippen LogP contribution in [-0.4, -0.2) is 64.4 Å². The molecule has 0 saturated carbocycles. The molecular weight excluding hydrogens is 430 g/mol. The number of anilines is 2. The zero-order valence-corrected chi connectivity index (χ0v) is 19.1. The molecule has 0 aromatic carbocycles. The smallest absolute Gasteiger partial charge is 0.410 e. The maximum absolute atomic E-state index is 12.7. The summed E-state index contributed by atoms with van der Waals surface area (Å²) in [6, 6.07) is 1.83. The van der Waals surface area contributed by atoms with Crippen molar-refractivity contribution in [1.82, 2.24) is 14.9 Å². The van der Waals surface area contributed by atoms with Crippen molar-refractivity contribution in [1.29, 1.82) is 5.41 Å². The third kappa shape index (κ3) is 5.82. The number of aromatic nitrogens is 2. The molecule has 1 fully saturated rings. The van der Waals surface area contributed by atoms with Gasteiger partial charge in [0.2, 0.25) is 0 Å². The van der Waals surface area contributed by atoms with Gasteiger partial charge in [-0.25, -0.2) is 9.78 Å². The van der Waals surface area contributed by atoms with Crippen molar-refractivity contribution < 1.29 is 14.3 Å². The van der Waals surface area contributed by atoms with Crippen LogP contribution in [0, 0.1) is 5.41 Å². The number of pyridine rings is 1. The van der Waals surface area contributed by atoms with Gasteiger partial charge in [0.25, 0.3) is 5.91 Å². The van der Waals surface area contributed by atoms with Crippen molar-refractivity contribution in [3.8, 4) is 0 Å². The first-order valence-electron chi connectivity index (χ1n) is 10.1. The molecule has 2 aromatic heterocycles. The number of hydrogen-bond acceptors (Lipinski definition) is 9. The van der Waals surface area contributed by atoms with Crippen LogP contribution < -0.4 is 16.0 Å². The molecule has 1 aliphatic heterocycles. The Kier molecular flexibility index (Phi) is 7.08. The lowest BCUT2D eigenvalue weighted by Crippen LogP contribution is -2.50. The highest BCUT2D eigenvalue weighted by Crippen LogP contribution is 2.27. The first-order valence-corrected chi connectivity index (χ1v) is 11.0. The number of hydrogen-bond donors (Lipinski definition) is 3. The van der Waals surface area contributed by atoms with E-state index >= 15 is 0 Å². The lowest BCUT2D eigenvalue weighted by molar-refractivity contribution is 0.0240. The van der Waals surface area contributed by atoms with Gasteiger partial charge in [0.05, 0.1) is 23.3 Å². The number of carbonyl (C=O) groups excluding carboxylic acids is 2. The van der Waals surface area contributed by atoms with Crippen molar-refractivity contribution in [3.63, 3.8) is 0 Å². The van der Waals surface area contributed by atoms with Crippen LogP contribution in [0.3, 0.4) is 0 Å². The van der Waals surface area contributed by atoms with Crippen molar-refractivity contribution in [3.05, 3.63) is 46.8 Å². The SMILES string of the molecule is CC(C)(C)OC(=O)N1CCN(c2ccncc2NC(=O)c2csc(C(=N)/C=C\N)n2)CC1. The summed E-state index contributed by atoms with van der Waals surface area (Å²) in [6.07, 6.45) is 5.59. The highest BCUT2D eigenvalue weighted by molar-refractivity contribution is 7.12. The minimum Gasteiger partial charge on any atom is -0.444 e. The molecule has 3 heterocycles. The number of nitrogens with zero attached hydrogens (tertiary/aromatic N) is 4. The lowest BCUT2D eigenvalue weighted by Gasteiger charge is -2.37. The molecule has 1 aliphatic rings. The molecule has 3 rings (SSSR count). The summed E-state index contributed by atoms with van der Waals surface area (Å²) in [4.78, 5) is 37.1. The van der Waals surface area contributed by atoms with E-state index in [-0.39, 0.29) is 17.5 Å². The van der Waals surface area contributed by atoms with E-state index in [4.69, 9.17) is 15.9 Å². The highest BCUT2D eigenvalue weighted by Gasteiger charge is 2.27. The molecule has 0 aliphatic carbocycles. The highest BCUT2D eigenvalue weighted by atomic mass is 32.1. The van der Waals surface area contributed by atoms with Gasteiger partial charge in [-0.05, 0) is 39.1 Å². The van der Waals surface area contributed by atoms with Crippen LogP contribution in [0.2, 0.25) is 0 Å². The number of thiazole rings is 1. The van der Waals surface area contributed by atoms with Crippen LogP contribution in [0.1, 0.15) is 36.3 Å². The van der Waals surface area contributed by atoms with Gasteiger partial charge < -0.3 is 25.6 Å². The molecule has 2 aromatic rings. The predicted octanol–water partition coefficient (Wildman–Crippen LogP) is 2.69. The Morgan fingerprint density at radius 3 is 2.66 bits per heavy atom. The molecule has 0 radical (unpaired) electrons. The van der Waals surface area contributed by atoms with E-state index in [2.05, 4.69) is 20.2 Å². The number of allylic oxidation sites excluding steroid dienone is 1. The van der Waals surface area contributed by atoms with Gasteiger partial charge in [-0.1, -0.05) is 0 Å². The van der Waals surface area contributed by atoms with E-state index in [0.29, 0.717) is 36.9 Å². The normalized spacial score (nSPS) is 14.5. The summed E-state index contributed by atoms with van der Waals surface area (Å²) in [5.74, 6) is -0.390. The summed E-state index contributed by atoms with van der Waals surface area (Å²) >= 11 is 1.20. The molecule has 32 heavy (non-hydrogen) atoms. The van der Waals surface area contributed by atoms with Gasteiger partial charge in [-0.15, -0.1) is 11.3 Å². The van der Waals surface area contributed by atoms with Gasteiger partial charge in [0, 0.05) is 37.8 Å². The van der Waals surface area contributed by atoms with Crippen LogP contribution in [0.5, 0.6) is 0 Å². The number of rotatable bonds is 5. The van der Waals surface area contributed by atoms with Crippen LogP contribution in [0.4, 0.5) is 16.2 Å². The van der Waals surface area contributed by atoms with E-state index < -0.39 is 11.5 Å². The summed E-state index contributed by atoms with van der Waals surface area (Å²) in [7, 11) is 0. The Morgan fingerprint density at radius 2 is 2.00 bits per heavy atom. The standard InChI is InChI=1S/C21H27N7O3S/c1-21(2,3)31-20(30)28-10-8-27(9-11-28)17-5-7-24-12-15(17)25-18(29)16-13-32-19(26-16)14(23)4-6-22/h4-7,12-13,23H,8-11,22H2,1-3H3,(H,25,29)/b6-4-,23-14?. The molecule has 10 nitrogen and oxygen atoms in total. The summed E-state index contributed by atoms with van der Waals surface area (Å²) in [5.41, 5.74) is 6.49. The van der Waals surface area contributed by atoms with E-state index in [1.165, 1.54) is 23.6 Å². The number of nitrogens with two attached hydrogens (primary N) is 1. The quantitative estimate of drug-likeness (QED) is 0.587. The topological polar surface area (TPSA) is 138 Å². The Bertz CT molecular complexity index is 1020. The van der Waals surface area contributed by atoms with Gasteiger partial charge >= 0.3 is 6.09 Å². The molecule has 0 unspecified atom stereocenters. The average Bonchev–Trinajstić information content (AvgIpc) is 3.24. The summed E-state index contributed by atoms with van der Waals surface area (Å²) in [5, 5.41) is 12.7. The fourth-order valence-corrected chi connectivity index (χ4v) is 3.80. The van der Waals surface area contributed by atoms with Gasteiger partial charge in [0.1, 0.15) is 16.3 Å². The van der Waals surface area contributed by atoms with E-state index in [1.54, 1.807) is 22.7 Å². The number of nitrogens with one attached hydrogen (secondary N) is 2. The maximum atomic E-state index is 12.7. The Labute approximate surface area is 190 Å². The van der Waals surface area contributed by atoms with Crippen LogP contribution >= 0.6 is 11.3 Å². The largest absolute Gasteiger partial charge is 0.444 e. The number of piperazine rings is 1. The van der Waals surface area contributed by atoms with Crippen molar-refractivity contribution in [2.75, 3.05) is 36.4 Å². The Hall–Kier alpha value is -3.47. The third-order valence-electron chi connectivity index (χ3n) is 4.55. The number of ether oxygens (including phenoxy) is 1. The molecule has 1 saturated heterocycles. The molecule has 0 spiro atoms. The second-order valence-corrected chi connectivity index (χ2v) is 8.97. The van der Waals surface area contributed by atoms with Crippen molar-refractivity contribution >= 4 is 40.4 Å². The van der Waals surface area contributed by atoms with E-state index in [1.807, 2.05) is 26.8 Å². The zero-order valence-electron chi connectivity index (χ0n) is 18.3. The summed E-state index contributed by atoms with van der Waals surface area (Å²) < 4.78 is 5.45. The third-order valence-corrected chi connectivity index (χ3v) is 5.42. The van der Waals surface area contributed by atoms with Crippen molar-refractivity contribution in [2.24, 2.45) is 5.73 Å². The van der Waals surface area contributed by atoms with E-state index in [9.17, 15) is 9.59 Å². The van der Waals surface area contributed by atoms with Crippen LogP contribution in [0.25, 0.3) is 0 Å². The molecule has 170 valence electrons. The molecule has 4 N–H and O–H groups in total. The van der Waals surface area contributed by atoms with Gasteiger partial charge in [-0.2, -0.15) is 0 Å². The zero-order chi connectivity index (χ0) is 23.3. The molecule has 2 amide bonds. The fourth-order valence-electron chi connectivity index (χ4n) is 3.07. The van der Waals surface area contributed by atoms with Crippen LogP contribution in [-0.2, 0) is 4.74 Å². The Balaban J connectivity index is 1.66. The number of carbonyl (C=O) groups is 2. The maximum Gasteiger partial charge on any atom is 0.410 e. The Morgan fingerprint density at radius 1 is 1.28 bits per heavy atom. The monoisotopic (exact) mass is 457 g/mol. The predicted molar refractivity (Wildman–Crippen MR) is 124 cm³/mol. The van der Waals surface area contributed by atoms with E-state index in [0.717, 1.165) is 5.69 Å². The molecule has 0 atom stereocenters. The minimum atomic E-state index is -0.536. The first kappa shape index (κ1) is 23.2. The lowest BCUT2D eigenvalue weighted by atomic mass is 10.2. The van der Waals surface area contributed by atoms with Gasteiger partial charge in [-0.3, -0.25) is 15.2 Å². The second-order valence-electron chi connectivity index (χ2n) is 8.11. The minimum absolute atomic E-state index is 0.140. The summed E-state index contributed by atoms with van der Waals surface area (Å²) in [6.45, 7) is 7.74. The second kappa shape index (κ2) is 9.77. The number of amides is 2. The first-order chi connectivity index (χ1) is 15.2. The van der Waals surface area contributed by atoms with Crippen LogP contribution in [0.15, 0.2) is 36.1 Å². The van der Waals surface area contributed by atoms with Gasteiger partial charge in [0.15, 0.2) is 0 Å². The average molecular weight is 458 g/mol. The van der Waals surface area contributed by atoms with Crippen molar-refractivity contribution in [2.45, 2.75) is 26.4 Å². The molecule has 0 bridgehead atoms. The molecular formula is C21H27N7O3S. The molecule has 11 heteroatoms. The fraction of sp³-hybridized carbons (Fsp3) is 0.381.